The van der Waals surface area contributed by atoms with Crippen LogP contribution < -0.4 is 5.32 Å². The van der Waals surface area contributed by atoms with Crippen LogP contribution in [0.1, 0.15) is 10.5 Å². The lowest BCUT2D eigenvalue weighted by molar-refractivity contribution is 0.0692. The van der Waals surface area contributed by atoms with Gasteiger partial charge in [-0.15, -0.1) is 0 Å². The van der Waals surface area contributed by atoms with Crippen molar-refractivity contribution in [1.82, 2.24) is 4.98 Å². The lowest BCUT2D eigenvalue weighted by atomic mass is 10.5. The molecule has 16 heavy (non-hydrogen) atoms. The number of carbonyl (C=O) groups is 2. The molecule has 0 aromatic carbocycles. The average Bonchev–Trinajstić information content (AvgIpc) is 2.56. The summed E-state index contributed by atoms with van der Waals surface area (Å²) in [7, 11) is 0. The van der Waals surface area contributed by atoms with Crippen LogP contribution in [-0.4, -0.2) is 28.8 Å². The van der Waals surface area contributed by atoms with Gasteiger partial charge >= 0.3 is 12.1 Å². The molecule has 0 saturated carbocycles. The average molecular weight is 307 g/mol. The Morgan fingerprint density at radius 1 is 1.69 bits per heavy atom. The Labute approximate surface area is 103 Å². The minimum atomic E-state index is -1.22. The molecule has 6 nitrogen and oxygen atoms in total. The number of thiazole rings is 1. The number of hydrogen-bond donors (Lipinski definition) is 2. The van der Waals surface area contributed by atoms with Gasteiger partial charge in [-0.2, -0.15) is 0 Å². The van der Waals surface area contributed by atoms with Crippen molar-refractivity contribution in [3.05, 3.63) is 22.3 Å². The fraction of sp³-hybridized carbons (Fsp3) is 0.125. The maximum absolute atomic E-state index is 11.1. The number of amides is 1. The molecule has 0 aliphatic rings. The highest BCUT2D eigenvalue weighted by atomic mass is 79.9. The molecule has 1 amide bonds. The summed E-state index contributed by atoms with van der Waals surface area (Å²) in [5, 5.41) is 11.2. The van der Waals surface area contributed by atoms with Gasteiger partial charge in [0.1, 0.15) is 11.6 Å². The zero-order valence-corrected chi connectivity index (χ0v) is 10.3. The van der Waals surface area contributed by atoms with Gasteiger partial charge in [-0.1, -0.05) is 24.0 Å². The second kappa shape index (κ2) is 5.61. The highest BCUT2D eigenvalue weighted by Crippen LogP contribution is 2.28. The summed E-state index contributed by atoms with van der Waals surface area (Å²) < 4.78 is 5.01. The molecule has 0 spiro atoms. The highest BCUT2D eigenvalue weighted by molar-refractivity contribution is 9.11. The Morgan fingerprint density at radius 2 is 2.38 bits per heavy atom. The Hall–Kier alpha value is -1.41. The third-order valence-corrected chi connectivity index (χ3v) is 2.77. The fourth-order valence-corrected chi connectivity index (χ4v) is 2.12. The number of nitrogens with zero attached hydrogens (tertiary/aromatic N) is 1. The van der Waals surface area contributed by atoms with Crippen LogP contribution in [0.2, 0.25) is 0 Å². The Bertz CT molecular complexity index is 432. The standard InChI is InChI=1S/C8H7BrN2O4S/c1-2-3-15-8(14)11-5-4(6(12)13)10-7(9)16-5/h2H,1,3H2,(H,11,14)(H,12,13). The second-order valence-corrected chi connectivity index (χ2v) is 4.74. The van der Waals surface area contributed by atoms with Crippen molar-refractivity contribution in [3.63, 3.8) is 0 Å². The molecule has 1 rings (SSSR count). The number of rotatable bonds is 4. The maximum atomic E-state index is 11.1. The van der Waals surface area contributed by atoms with E-state index in [0.29, 0.717) is 3.92 Å². The van der Waals surface area contributed by atoms with Crippen LogP contribution in [0.5, 0.6) is 0 Å². The first kappa shape index (κ1) is 12.7. The van der Waals surface area contributed by atoms with Crippen molar-refractivity contribution in [3.8, 4) is 0 Å². The lowest BCUT2D eigenvalue weighted by Gasteiger charge is -2.02. The van der Waals surface area contributed by atoms with Gasteiger partial charge in [0.2, 0.25) is 0 Å². The van der Waals surface area contributed by atoms with E-state index in [2.05, 4.69) is 37.5 Å². The van der Waals surface area contributed by atoms with Crippen LogP contribution in [0.15, 0.2) is 16.6 Å². The third-order valence-electron chi connectivity index (χ3n) is 1.35. The molecule has 1 aromatic rings. The number of ether oxygens (including phenoxy) is 1. The van der Waals surface area contributed by atoms with Crippen molar-refractivity contribution in [2.24, 2.45) is 0 Å². The zero-order chi connectivity index (χ0) is 12.1. The van der Waals surface area contributed by atoms with Gasteiger partial charge in [-0.25, -0.2) is 14.6 Å². The summed E-state index contributed by atoms with van der Waals surface area (Å²) in [4.78, 5) is 25.6. The van der Waals surface area contributed by atoms with Crippen molar-refractivity contribution >= 4 is 44.3 Å². The molecule has 86 valence electrons. The van der Waals surface area contributed by atoms with Crippen molar-refractivity contribution < 1.29 is 19.4 Å². The van der Waals surface area contributed by atoms with Crippen LogP contribution in [0, 0.1) is 0 Å². The molecule has 0 atom stereocenters. The van der Waals surface area contributed by atoms with Crippen LogP contribution in [-0.2, 0) is 4.74 Å². The Kier molecular flexibility index (Phi) is 4.44. The van der Waals surface area contributed by atoms with Gasteiger partial charge in [0.05, 0.1) is 0 Å². The number of aromatic nitrogens is 1. The minimum Gasteiger partial charge on any atom is -0.476 e. The second-order valence-electron chi connectivity index (χ2n) is 2.46. The summed E-state index contributed by atoms with van der Waals surface area (Å²) in [6, 6.07) is 0. The van der Waals surface area contributed by atoms with Gasteiger partial charge in [0, 0.05) is 0 Å². The third kappa shape index (κ3) is 3.31. The summed E-state index contributed by atoms with van der Waals surface area (Å²) >= 11 is 4.02. The molecular weight excluding hydrogens is 300 g/mol. The first-order valence-electron chi connectivity index (χ1n) is 3.99. The number of anilines is 1. The van der Waals surface area contributed by atoms with E-state index >= 15 is 0 Å². The molecule has 2 N–H and O–H groups in total. The number of carbonyl (C=O) groups excluding carboxylic acids is 1. The topological polar surface area (TPSA) is 88.5 Å². The van der Waals surface area contributed by atoms with Crippen LogP contribution in [0.25, 0.3) is 0 Å². The molecule has 0 aliphatic carbocycles. The quantitative estimate of drug-likeness (QED) is 0.834. The van der Waals surface area contributed by atoms with Crippen LogP contribution >= 0.6 is 27.3 Å². The van der Waals surface area contributed by atoms with Gasteiger partial charge in [0.25, 0.3) is 0 Å². The number of carboxylic acid groups (broad SMARTS) is 1. The van der Waals surface area contributed by atoms with Crippen molar-refractivity contribution in [1.29, 1.82) is 0 Å². The van der Waals surface area contributed by atoms with E-state index in [1.165, 1.54) is 6.08 Å². The molecular formula is C8H7BrN2O4S. The predicted octanol–water partition coefficient (Wildman–Crippen LogP) is 2.34. The maximum Gasteiger partial charge on any atom is 0.412 e. The lowest BCUT2D eigenvalue weighted by Crippen LogP contribution is -2.14. The minimum absolute atomic E-state index is 0.0498. The van der Waals surface area contributed by atoms with E-state index in [0.717, 1.165) is 11.3 Å². The largest absolute Gasteiger partial charge is 0.476 e. The van der Waals surface area contributed by atoms with E-state index < -0.39 is 12.1 Å². The summed E-state index contributed by atoms with van der Waals surface area (Å²) in [5.41, 5.74) is -0.229. The van der Waals surface area contributed by atoms with Gasteiger partial charge in [0.15, 0.2) is 9.61 Å². The van der Waals surface area contributed by atoms with E-state index in [-0.39, 0.29) is 17.3 Å². The molecule has 0 saturated heterocycles. The van der Waals surface area contributed by atoms with Crippen molar-refractivity contribution in [2.45, 2.75) is 0 Å². The number of hydrogen-bond acceptors (Lipinski definition) is 5. The first-order valence-corrected chi connectivity index (χ1v) is 5.60. The molecule has 8 heteroatoms. The highest BCUT2D eigenvalue weighted by Gasteiger charge is 2.18. The summed E-state index contributed by atoms with van der Waals surface area (Å²) in [6.07, 6.45) is 0.652. The van der Waals surface area contributed by atoms with Gasteiger partial charge in [-0.3, -0.25) is 5.32 Å². The summed E-state index contributed by atoms with van der Waals surface area (Å²) in [6.45, 7) is 3.42. The van der Waals surface area contributed by atoms with E-state index in [9.17, 15) is 9.59 Å². The molecule has 0 bridgehead atoms. The predicted molar refractivity (Wildman–Crippen MR) is 61.9 cm³/mol. The first-order chi connectivity index (χ1) is 7.54. The molecule has 1 heterocycles. The molecule has 0 unspecified atom stereocenters. The van der Waals surface area contributed by atoms with Crippen molar-refractivity contribution in [2.75, 3.05) is 11.9 Å². The van der Waals surface area contributed by atoms with Gasteiger partial charge in [-0.05, 0) is 15.9 Å². The zero-order valence-electron chi connectivity index (χ0n) is 7.90. The van der Waals surface area contributed by atoms with E-state index in [1.54, 1.807) is 0 Å². The SMILES string of the molecule is C=CCOC(=O)Nc1sc(Br)nc1C(=O)O. The Morgan fingerprint density at radius 3 is 2.94 bits per heavy atom. The number of carboxylic acids is 1. The van der Waals surface area contributed by atoms with E-state index in [1.807, 2.05) is 0 Å². The number of halogens is 1. The summed E-state index contributed by atoms with van der Waals surface area (Å²) in [5.74, 6) is -1.22. The molecule has 1 aromatic heterocycles. The number of nitrogens with one attached hydrogen (secondary N) is 1. The number of aromatic carboxylic acids is 1. The molecule has 0 aliphatic heterocycles. The van der Waals surface area contributed by atoms with Gasteiger partial charge < -0.3 is 9.84 Å². The molecule has 0 fully saturated rings. The smallest absolute Gasteiger partial charge is 0.412 e. The van der Waals surface area contributed by atoms with Crippen LogP contribution in [0.4, 0.5) is 9.80 Å². The fourth-order valence-electron chi connectivity index (χ4n) is 0.787. The van der Waals surface area contributed by atoms with Crippen LogP contribution in [0.3, 0.4) is 0 Å². The monoisotopic (exact) mass is 306 g/mol. The Balaban J connectivity index is 2.76. The molecule has 0 radical (unpaired) electrons. The normalized spacial score (nSPS) is 9.56. The van der Waals surface area contributed by atoms with E-state index in [4.69, 9.17) is 5.11 Å².